The SMILES string of the molecule is Cc1cccc(OCCNC(=O)N2CCN(CC(=O)NCc3ccccc3)CC2)c1. The maximum atomic E-state index is 12.3. The minimum Gasteiger partial charge on any atom is -0.492 e. The maximum absolute atomic E-state index is 12.3. The molecule has 1 aliphatic heterocycles. The molecule has 7 heteroatoms. The number of benzene rings is 2. The van der Waals surface area contributed by atoms with Crippen molar-refractivity contribution in [3.63, 3.8) is 0 Å². The third-order valence-corrected chi connectivity index (χ3v) is 5.00. The molecule has 0 saturated carbocycles. The van der Waals surface area contributed by atoms with Crippen LogP contribution in [-0.4, -0.2) is 67.6 Å². The molecule has 0 aliphatic carbocycles. The van der Waals surface area contributed by atoms with Gasteiger partial charge in [-0.2, -0.15) is 0 Å². The van der Waals surface area contributed by atoms with Gasteiger partial charge >= 0.3 is 6.03 Å². The van der Waals surface area contributed by atoms with E-state index in [-0.39, 0.29) is 11.9 Å². The fraction of sp³-hybridized carbons (Fsp3) is 0.391. The topological polar surface area (TPSA) is 73.9 Å². The Labute approximate surface area is 178 Å². The molecule has 0 unspecified atom stereocenters. The second-order valence-electron chi connectivity index (χ2n) is 7.42. The minimum atomic E-state index is -0.0870. The van der Waals surface area contributed by atoms with E-state index < -0.39 is 0 Å². The van der Waals surface area contributed by atoms with Gasteiger partial charge in [-0.05, 0) is 30.2 Å². The average Bonchev–Trinajstić information content (AvgIpc) is 2.76. The zero-order valence-corrected chi connectivity index (χ0v) is 17.5. The van der Waals surface area contributed by atoms with E-state index in [1.807, 2.05) is 61.5 Å². The van der Waals surface area contributed by atoms with E-state index in [0.717, 1.165) is 16.9 Å². The molecule has 7 nitrogen and oxygen atoms in total. The first-order chi connectivity index (χ1) is 14.6. The number of carbonyl (C=O) groups excluding carboxylic acids is 2. The lowest BCUT2D eigenvalue weighted by Crippen LogP contribution is -2.53. The fourth-order valence-corrected chi connectivity index (χ4v) is 3.31. The molecule has 0 bridgehead atoms. The minimum absolute atomic E-state index is 0.00468. The van der Waals surface area contributed by atoms with Crippen LogP contribution < -0.4 is 15.4 Å². The Morgan fingerprint density at radius 3 is 2.47 bits per heavy atom. The lowest BCUT2D eigenvalue weighted by molar-refractivity contribution is -0.122. The van der Waals surface area contributed by atoms with E-state index in [2.05, 4.69) is 15.5 Å². The number of carbonyl (C=O) groups is 2. The molecule has 3 amide bonds. The van der Waals surface area contributed by atoms with Crippen LogP contribution in [0.15, 0.2) is 54.6 Å². The fourth-order valence-electron chi connectivity index (χ4n) is 3.31. The molecule has 0 spiro atoms. The number of amides is 3. The molecule has 2 aromatic carbocycles. The summed E-state index contributed by atoms with van der Waals surface area (Å²) in [5, 5.41) is 5.84. The van der Waals surface area contributed by atoms with Crippen molar-refractivity contribution in [3.05, 3.63) is 65.7 Å². The molecule has 30 heavy (non-hydrogen) atoms. The highest BCUT2D eigenvalue weighted by molar-refractivity contribution is 5.78. The summed E-state index contributed by atoms with van der Waals surface area (Å²) in [6.45, 7) is 6.37. The van der Waals surface area contributed by atoms with Crippen LogP contribution in [0.3, 0.4) is 0 Å². The average molecular weight is 411 g/mol. The quantitative estimate of drug-likeness (QED) is 0.653. The van der Waals surface area contributed by atoms with E-state index in [0.29, 0.717) is 52.4 Å². The summed E-state index contributed by atoms with van der Waals surface area (Å²) in [7, 11) is 0. The molecule has 2 aromatic rings. The first-order valence-electron chi connectivity index (χ1n) is 10.4. The van der Waals surface area contributed by atoms with Gasteiger partial charge in [0.05, 0.1) is 13.1 Å². The number of aryl methyl sites for hydroxylation is 1. The summed E-state index contributed by atoms with van der Waals surface area (Å²) in [4.78, 5) is 28.3. The predicted molar refractivity (Wildman–Crippen MR) is 116 cm³/mol. The summed E-state index contributed by atoms with van der Waals surface area (Å²) >= 11 is 0. The second-order valence-corrected chi connectivity index (χ2v) is 7.42. The summed E-state index contributed by atoms with van der Waals surface area (Å²) in [5.41, 5.74) is 2.22. The highest BCUT2D eigenvalue weighted by Gasteiger charge is 2.22. The molecule has 1 saturated heterocycles. The van der Waals surface area contributed by atoms with Crippen LogP contribution in [0.25, 0.3) is 0 Å². The van der Waals surface area contributed by atoms with Gasteiger partial charge in [-0.1, -0.05) is 42.5 Å². The number of ether oxygens (including phenoxy) is 1. The van der Waals surface area contributed by atoms with Gasteiger partial charge in [0, 0.05) is 32.7 Å². The van der Waals surface area contributed by atoms with Crippen LogP contribution in [0, 0.1) is 6.92 Å². The monoisotopic (exact) mass is 410 g/mol. The van der Waals surface area contributed by atoms with E-state index in [9.17, 15) is 9.59 Å². The Morgan fingerprint density at radius 2 is 1.73 bits per heavy atom. The molecule has 2 N–H and O–H groups in total. The van der Waals surface area contributed by atoms with Gasteiger partial charge in [0.25, 0.3) is 0 Å². The van der Waals surface area contributed by atoms with Gasteiger partial charge in [-0.3, -0.25) is 9.69 Å². The first-order valence-corrected chi connectivity index (χ1v) is 10.4. The van der Waals surface area contributed by atoms with Crippen LogP contribution in [0.2, 0.25) is 0 Å². The number of hydrogen-bond donors (Lipinski definition) is 2. The van der Waals surface area contributed by atoms with E-state index in [1.54, 1.807) is 4.90 Å². The molecule has 0 atom stereocenters. The van der Waals surface area contributed by atoms with Crippen molar-refractivity contribution in [2.45, 2.75) is 13.5 Å². The van der Waals surface area contributed by atoms with Gasteiger partial charge < -0.3 is 20.3 Å². The Bertz CT molecular complexity index is 820. The standard InChI is InChI=1S/C23H30N4O3/c1-19-6-5-9-21(16-19)30-15-10-24-23(29)27-13-11-26(12-14-27)18-22(28)25-17-20-7-3-2-4-8-20/h2-9,16H,10-15,17-18H2,1H3,(H,24,29)(H,25,28). The van der Waals surface area contributed by atoms with E-state index in [4.69, 9.17) is 4.74 Å². The molecule has 160 valence electrons. The summed E-state index contributed by atoms with van der Waals surface area (Å²) < 4.78 is 5.65. The summed E-state index contributed by atoms with van der Waals surface area (Å²) in [6, 6.07) is 17.6. The predicted octanol–water partition coefficient (Wildman–Crippen LogP) is 2.02. The summed E-state index contributed by atoms with van der Waals surface area (Å²) in [5.74, 6) is 0.813. The molecule has 0 aromatic heterocycles. The molecule has 3 rings (SSSR count). The second kappa shape index (κ2) is 11.2. The van der Waals surface area contributed by atoms with Crippen LogP contribution in [-0.2, 0) is 11.3 Å². The number of piperazine rings is 1. The van der Waals surface area contributed by atoms with E-state index >= 15 is 0 Å². The number of rotatable bonds is 8. The molecule has 1 fully saturated rings. The lowest BCUT2D eigenvalue weighted by Gasteiger charge is -2.34. The van der Waals surface area contributed by atoms with Crippen LogP contribution in [0.1, 0.15) is 11.1 Å². The highest BCUT2D eigenvalue weighted by atomic mass is 16.5. The van der Waals surface area contributed by atoms with Crippen molar-refractivity contribution >= 4 is 11.9 Å². The normalized spacial score (nSPS) is 14.2. The van der Waals surface area contributed by atoms with Crippen molar-refractivity contribution in [1.29, 1.82) is 0 Å². The largest absolute Gasteiger partial charge is 0.492 e. The number of nitrogens with one attached hydrogen (secondary N) is 2. The van der Waals surface area contributed by atoms with Crippen molar-refractivity contribution < 1.29 is 14.3 Å². The molecular formula is C23H30N4O3. The maximum Gasteiger partial charge on any atom is 0.317 e. The summed E-state index contributed by atoms with van der Waals surface area (Å²) in [6.07, 6.45) is 0. The first kappa shape index (κ1) is 21.6. The Morgan fingerprint density at radius 1 is 0.967 bits per heavy atom. The van der Waals surface area contributed by atoms with Crippen LogP contribution >= 0.6 is 0 Å². The van der Waals surface area contributed by atoms with Gasteiger partial charge in [-0.15, -0.1) is 0 Å². The molecular weight excluding hydrogens is 380 g/mol. The van der Waals surface area contributed by atoms with Gasteiger partial charge in [-0.25, -0.2) is 4.79 Å². The Balaban J connectivity index is 1.28. The van der Waals surface area contributed by atoms with Crippen molar-refractivity contribution in [1.82, 2.24) is 20.4 Å². The smallest absolute Gasteiger partial charge is 0.317 e. The number of hydrogen-bond acceptors (Lipinski definition) is 4. The van der Waals surface area contributed by atoms with Gasteiger partial charge in [0.15, 0.2) is 0 Å². The number of urea groups is 1. The molecule has 1 aliphatic rings. The number of nitrogens with zero attached hydrogens (tertiary/aromatic N) is 2. The van der Waals surface area contributed by atoms with Gasteiger partial charge in [0.2, 0.25) is 5.91 Å². The molecule has 1 heterocycles. The lowest BCUT2D eigenvalue weighted by atomic mass is 10.2. The van der Waals surface area contributed by atoms with Crippen molar-refractivity contribution in [2.24, 2.45) is 0 Å². The zero-order chi connectivity index (χ0) is 21.2. The van der Waals surface area contributed by atoms with E-state index in [1.165, 1.54) is 0 Å². The third kappa shape index (κ3) is 7.08. The Kier molecular flexibility index (Phi) is 8.09. The Hall–Kier alpha value is -3.06. The zero-order valence-electron chi connectivity index (χ0n) is 17.5. The van der Waals surface area contributed by atoms with Crippen molar-refractivity contribution in [3.8, 4) is 5.75 Å². The molecule has 0 radical (unpaired) electrons. The van der Waals surface area contributed by atoms with Gasteiger partial charge in [0.1, 0.15) is 12.4 Å². The van der Waals surface area contributed by atoms with Crippen molar-refractivity contribution in [2.75, 3.05) is 45.9 Å². The van der Waals surface area contributed by atoms with Crippen LogP contribution in [0.5, 0.6) is 5.75 Å². The van der Waals surface area contributed by atoms with Crippen LogP contribution in [0.4, 0.5) is 4.79 Å². The third-order valence-electron chi connectivity index (χ3n) is 5.00. The highest BCUT2D eigenvalue weighted by Crippen LogP contribution is 2.11.